The van der Waals surface area contributed by atoms with Crippen molar-refractivity contribution in [1.29, 1.82) is 5.26 Å². The molecule has 1 heterocycles. The van der Waals surface area contributed by atoms with Crippen molar-refractivity contribution >= 4 is 0 Å². The number of rotatable bonds is 3. The van der Waals surface area contributed by atoms with E-state index in [0.717, 1.165) is 18.5 Å². The average Bonchev–Trinajstić information content (AvgIpc) is 2.80. The summed E-state index contributed by atoms with van der Waals surface area (Å²) in [5, 5.41) is 18.9. The number of hydrogen-bond acceptors (Lipinski definition) is 5. The molecule has 19 heavy (non-hydrogen) atoms. The van der Waals surface area contributed by atoms with Crippen molar-refractivity contribution in [1.82, 2.24) is 4.90 Å². The van der Waals surface area contributed by atoms with Gasteiger partial charge in [-0.05, 0) is 43.6 Å². The number of phenolic OH excluding ortho intramolecular Hbond substituents is 1. The normalized spacial score (nSPS) is 23.3. The number of aromatic hydroxyl groups is 1. The number of likely N-dealkylation sites (tertiary alicyclic amines) is 1. The van der Waals surface area contributed by atoms with Crippen molar-refractivity contribution in [3.05, 3.63) is 23.3 Å². The molecule has 1 aromatic carbocycles. The molecule has 1 saturated heterocycles. The van der Waals surface area contributed by atoms with Crippen molar-refractivity contribution in [2.45, 2.75) is 12.5 Å². The Balaban J connectivity index is 2.38. The average molecular weight is 261 g/mol. The maximum Gasteiger partial charge on any atom is 0.175 e. The molecule has 2 atom stereocenters. The number of nitrogens with zero attached hydrogens (tertiary/aromatic N) is 2. The number of nitriles is 1. The maximum atomic E-state index is 9.84. The standard InChI is InChI=1S/C14H19N3O2/c1-17-8-9(6-15)3-12(17)10-4-11(7-16)14(18)13(5-10)19-2/h4-5,9,12,18H,3,6,8,15H2,1-2H3. The first-order valence-electron chi connectivity index (χ1n) is 6.32. The van der Waals surface area contributed by atoms with Gasteiger partial charge < -0.3 is 15.6 Å². The van der Waals surface area contributed by atoms with E-state index in [2.05, 4.69) is 4.90 Å². The van der Waals surface area contributed by atoms with Crippen LogP contribution >= 0.6 is 0 Å². The molecule has 1 aromatic rings. The highest BCUT2D eigenvalue weighted by atomic mass is 16.5. The zero-order valence-electron chi connectivity index (χ0n) is 11.3. The fourth-order valence-electron chi connectivity index (χ4n) is 2.73. The van der Waals surface area contributed by atoms with Gasteiger partial charge in [-0.3, -0.25) is 4.90 Å². The van der Waals surface area contributed by atoms with Gasteiger partial charge in [0.25, 0.3) is 0 Å². The Morgan fingerprint density at radius 1 is 1.58 bits per heavy atom. The van der Waals surface area contributed by atoms with Gasteiger partial charge in [0, 0.05) is 12.6 Å². The van der Waals surface area contributed by atoms with Crippen molar-refractivity contribution in [2.24, 2.45) is 11.7 Å². The summed E-state index contributed by atoms with van der Waals surface area (Å²) in [6, 6.07) is 5.75. The number of nitrogens with two attached hydrogens (primary N) is 1. The largest absolute Gasteiger partial charge is 0.503 e. The summed E-state index contributed by atoms with van der Waals surface area (Å²) < 4.78 is 5.13. The third kappa shape index (κ3) is 2.50. The van der Waals surface area contributed by atoms with Crippen molar-refractivity contribution in [3.63, 3.8) is 0 Å². The van der Waals surface area contributed by atoms with Crippen LogP contribution in [0.25, 0.3) is 0 Å². The van der Waals surface area contributed by atoms with Crippen LogP contribution in [0.2, 0.25) is 0 Å². The van der Waals surface area contributed by atoms with E-state index in [1.165, 1.54) is 7.11 Å². The van der Waals surface area contributed by atoms with Gasteiger partial charge in [0.15, 0.2) is 11.5 Å². The Bertz CT molecular complexity index is 510. The van der Waals surface area contributed by atoms with Gasteiger partial charge in [-0.15, -0.1) is 0 Å². The van der Waals surface area contributed by atoms with Crippen LogP contribution in [0.1, 0.15) is 23.6 Å². The minimum atomic E-state index is -0.0928. The Kier molecular flexibility index (Phi) is 3.93. The van der Waals surface area contributed by atoms with Gasteiger partial charge in [-0.1, -0.05) is 0 Å². The lowest BCUT2D eigenvalue weighted by atomic mass is 9.97. The molecule has 1 fully saturated rings. The van der Waals surface area contributed by atoms with Gasteiger partial charge in [0.1, 0.15) is 6.07 Å². The second-order valence-corrected chi connectivity index (χ2v) is 5.02. The van der Waals surface area contributed by atoms with Crippen molar-refractivity contribution in [3.8, 4) is 17.6 Å². The zero-order chi connectivity index (χ0) is 14.0. The van der Waals surface area contributed by atoms with E-state index in [-0.39, 0.29) is 17.4 Å². The van der Waals surface area contributed by atoms with Gasteiger partial charge in [0.2, 0.25) is 0 Å². The number of hydrogen-bond donors (Lipinski definition) is 2. The molecule has 102 valence electrons. The Morgan fingerprint density at radius 2 is 2.32 bits per heavy atom. The smallest absolute Gasteiger partial charge is 0.175 e. The van der Waals surface area contributed by atoms with Crippen LogP contribution in [0, 0.1) is 17.2 Å². The summed E-state index contributed by atoms with van der Waals surface area (Å²) >= 11 is 0. The predicted octanol–water partition coefficient (Wildman–Crippen LogP) is 1.22. The second-order valence-electron chi connectivity index (χ2n) is 5.02. The molecule has 0 aliphatic carbocycles. The van der Waals surface area contributed by atoms with E-state index in [9.17, 15) is 5.11 Å². The molecule has 5 heteroatoms. The fraction of sp³-hybridized carbons (Fsp3) is 0.500. The molecule has 0 saturated carbocycles. The molecule has 1 aliphatic rings. The molecule has 2 rings (SSSR count). The molecule has 0 spiro atoms. The summed E-state index contributed by atoms with van der Waals surface area (Å²) in [7, 11) is 3.53. The molecule has 5 nitrogen and oxygen atoms in total. The second kappa shape index (κ2) is 5.47. The molecule has 0 amide bonds. The van der Waals surface area contributed by atoms with E-state index in [1.807, 2.05) is 13.1 Å². The summed E-state index contributed by atoms with van der Waals surface area (Å²) in [5.74, 6) is 0.726. The highest BCUT2D eigenvalue weighted by Crippen LogP contribution is 2.39. The topological polar surface area (TPSA) is 82.5 Å². The summed E-state index contributed by atoms with van der Waals surface area (Å²) in [4.78, 5) is 2.23. The SMILES string of the molecule is COc1cc(C2CC(CN)CN2C)cc(C#N)c1O. The van der Waals surface area contributed by atoms with Crippen LogP contribution < -0.4 is 10.5 Å². The van der Waals surface area contributed by atoms with Crippen LogP contribution in [-0.4, -0.2) is 37.3 Å². The minimum absolute atomic E-state index is 0.0928. The van der Waals surface area contributed by atoms with Crippen molar-refractivity contribution in [2.75, 3.05) is 27.2 Å². The van der Waals surface area contributed by atoms with Crippen LogP contribution in [0.4, 0.5) is 0 Å². The van der Waals surface area contributed by atoms with Crippen LogP contribution in [0.15, 0.2) is 12.1 Å². The van der Waals surface area contributed by atoms with E-state index in [0.29, 0.717) is 18.2 Å². The number of methoxy groups -OCH3 is 1. The van der Waals surface area contributed by atoms with Gasteiger partial charge in [-0.2, -0.15) is 5.26 Å². The summed E-state index contributed by atoms with van der Waals surface area (Å²) in [6.45, 7) is 1.62. The van der Waals surface area contributed by atoms with Gasteiger partial charge in [-0.25, -0.2) is 0 Å². The fourth-order valence-corrected chi connectivity index (χ4v) is 2.73. The van der Waals surface area contributed by atoms with Gasteiger partial charge >= 0.3 is 0 Å². The molecule has 0 radical (unpaired) electrons. The highest BCUT2D eigenvalue weighted by Gasteiger charge is 2.30. The zero-order valence-corrected chi connectivity index (χ0v) is 11.3. The first-order valence-corrected chi connectivity index (χ1v) is 6.32. The van der Waals surface area contributed by atoms with Crippen LogP contribution in [-0.2, 0) is 0 Å². The monoisotopic (exact) mass is 261 g/mol. The Morgan fingerprint density at radius 3 is 2.84 bits per heavy atom. The van der Waals surface area contributed by atoms with E-state index < -0.39 is 0 Å². The lowest BCUT2D eigenvalue weighted by Crippen LogP contribution is -2.20. The Hall–Kier alpha value is -1.77. The molecule has 3 N–H and O–H groups in total. The molecule has 1 aliphatic heterocycles. The van der Waals surface area contributed by atoms with E-state index >= 15 is 0 Å². The lowest BCUT2D eigenvalue weighted by Gasteiger charge is -2.20. The Labute approximate surface area is 113 Å². The van der Waals surface area contributed by atoms with Crippen LogP contribution in [0.3, 0.4) is 0 Å². The summed E-state index contributed by atoms with van der Waals surface area (Å²) in [6.07, 6.45) is 0.964. The van der Waals surface area contributed by atoms with Gasteiger partial charge in [0.05, 0.1) is 12.7 Å². The molecular formula is C14H19N3O2. The van der Waals surface area contributed by atoms with Crippen molar-refractivity contribution < 1.29 is 9.84 Å². The summed E-state index contributed by atoms with van der Waals surface area (Å²) in [5.41, 5.74) is 6.97. The van der Waals surface area contributed by atoms with Crippen LogP contribution in [0.5, 0.6) is 11.5 Å². The molecule has 0 bridgehead atoms. The minimum Gasteiger partial charge on any atom is -0.503 e. The van der Waals surface area contributed by atoms with E-state index in [4.69, 9.17) is 15.7 Å². The lowest BCUT2D eigenvalue weighted by molar-refractivity contribution is 0.311. The highest BCUT2D eigenvalue weighted by molar-refractivity contribution is 5.54. The molecule has 0 aromatic heterocycles. The predicted molar refractivity (Wildman–Crippen MR) is 71.9 cm³/mol. The maximum absolute atomic E-state index is 9.84. The first kappa shape index (κ1) is 13.7. The number of benzene rings is 1. The molecular weight excluding hydrogens is 242 g/mol. The number of phenols is 1. The quantitative estimate of drug-likeness (QED) is 0.855. The third-order valence-electron chi connectivity index (χ3n) is 3.79. The van der Waals surface area contributed by atoms with E-state index in [1.54, 1.807) is 12.1 Å². The third-order valence-corrected chi connectivity index (χ3v) is 3.79. The first-order chi connectivity index (χ1) is 9.10. The number of ether oxygens (including phenoxy) is 1. The molecule has 2 unspecified atom stereocenters.